The molecule has 0 radical (unpaired) electrons. The summed E-state index contributed by atoms with van der Waals surface area (Å²) in [7, 11) is 0. The summed E-state index contributed by atoms with van der Waals surface area (Å²) >= 11 is 0. The van der Waals surface area contributed by atoms with Gasteiger partial charge in [0.1, 0.15) is 6.61 Å². The van der Waals surface area contributed by atoms with Gasteiger partial charge in [-0.2, -0.15) is 0 Å². The van der Waals surface area contributed by atoms with Crippen molar-refractivity contribution in [3.8, 4) is 0 Å². The van der Waals surface area contributed by atoms with Crippen molar-refractivity contribution in [1.29, 1.82) is 0 Å². The second-order valence-electron chi connectivity index (χ2n) is 12.2. The van der Waals surface area contributed by atoms with Crippen LogP contribution in [0.1, 0.15) is 85.5 Å². The van der Waals surface area contributed by atoms with Gasteiger partial charge in [-0.05, 0) is 43.6 Å². The Balaban J connectivity index is 1.56. The Morgan fingerprint density at radius 3 is 2.66 bits per heavy atom. The number of unbranched alkanes of at least 4 members (excludes halogenated alkanes) is 1. The topological polar surface area (TPSA) is 93.1 Å². The molecule has 2 N–H and O–H groups in total. The standard InChI is InChI=1S/C29H42O6/c1-5-7-12-28(11-6-2)34-24-15-21-20-9-8-18-14-19(31)10-13-26(18,3)25(20)22(32)16-27(21,4)29(24,35-28)23(33)17-30/h8,10,13,20-22,24-25,30,32H,5-7,9,11-12,14-17H2,1-4H3/t20-,21?,22-,24+,25?,26-,27-,28?,29+/m0/s1. The van der Waals surface area contributed by atoms with Gasteiger partial charge in [0.15, 0.2) is 23.0 Å². The van der Waals surface area contributed by atoms with Crippen molar-refractivity contribution in [3.05, 3.63) is 23.8 Å². The summed E-state index contributed by atoms with van der Waals surface area (Å²) in [5, 5.41) is 21.9. The highest BCUT2D eigenvalue weighted by Crippen LogP contribution is 2.70. The van der Waals surface area contributed by atoms with Gasteiger partial charge in [-0.1, -0.05) is 58.3 Å². The molecule has 5 rings (SSSR count). The van der Waals surface area contributed by atoms with Gasteiger partial charge in [0.25, 0.3) is 0 Å². The van der Waals surface area contributed by atoms with Gasteiger partial charge in [0, 0.05) is 36.0 Å². The van der Waals surface area contributed by atoms with E-state index in [1.807, 2.05) is 6.08 Å². The van der Waals surface area contributed by atoms with Crippen LogP contribution in [0.2, 0.25) is 0 Å². The van der Waals surface area contributed by atoms with Gasteiger partial charge in [-0.3, -0.25) is 9.59 Å². The highest BCUT2D eigenvalue weighted by Gasteiger charge is 2.77. The van der Waals surface area contributed by atoms with Crippen molar-refractivity contribution in [3.63, 3.8) is 0 Å². The third-order valence-corrected chi connectivity index (χ3v) is 10.4. The van der Waals surface area contributed by atoms with E-state index >= 15 is 0 Å². The number of hydrogen-bond donors (Lipinski definition) is 2. The van der Waals surface area contributed by atoms with E-state index in [0.29, 0.717) is 25.7 Å². The largest absolute Gasteiger partial charge is 0.393 e. The molecule has 1 saturated heterocycles. The average molecular weight is 487 g/mol. The Hall–Kier alpha value is -1.34. The molecular weight excluding hydrogens is 444 g/mol. The summed E-state index contributed by atoms with van der Waals surface area (Å²) in [6, 6.07) is 0. The van der Waals surface area contributed by atoms with E-state index in [4.69, 9.17) is 9.47 Å². The van der Waals surface area contributed by atoms with Crippen molar-refractivity contribution in [2.75, 3.05) is 6.61 Å². The predicted octanol–water partition coefficient (Wildman–Crippen LogP) is 4.28. The van der Waals surface area contributed by atoms with Crippen LogP contribution in [0.25, 0.3) is 0 Å². The molecule has 0 aromatic rings. The van der Waals surface area contributed by atoms with E-state index in [-0.39, 0.29) is 34.7 Å². The molecule has 1 aliphatic heterocycles. The van der Waals surface area contributed by atoms with Gasteiger partial charge in [0.05, 0.1) is 12.2 Å². The summed E-state index contributed by atoms with van der Waals surface area (Å²) in [5.41, 5.74) is -1.14. The first-order valence-corrected chi connectivity index (χ1v) is 13.7. The van der Waals surface area contributed by atoms with Crippen molar-refractivity contribution in [2.24, 2.45) is 28.6 Å². The number of ether oxygens (including phenoxy) is 2. The number of rotatable bonds is 7. The first kappa shape index (κ1) is 25.3. The van der Waals surface area contributed by atoms with Gasteiger partial charge >= 0.3 is 0 Å². The molecule has 0 aromatic heterocycles. The zero-order valence-corrected chi connectivity index (χ0v) is 21.7. The van der Waals surface area contributed by atoms with E-state index in [0.717, 1.165) is 37.7 Å². The summed E-state index contributed by atoms with van der Waals surface area (Å²) in [6.07, 6.45) is 11.4. The van der Waals surface area contributed by atoms with Crippen molar-refractivity contribution >= 4 is 11.6 Å². The van der Waals surface area contributed by atoms with E-state index in [9.17, 15) is 19.8 Å². The number of aliphatic hydroxyl groups is 2. The quantitative estimate of drug-likeness (QED) is 0.522. The third-order valence-electron chi connectivity index (χ3n) is 10.4. The number of fused-ring (bicyclic) bond motifs is 7. The van der Waals surface area contributed by atoms with E-state index < -0.39 is 35.6 Å². The number of carbonyl (C=O) groups is 2. The van der Waals surface area contributed by atoms with Gasteiger partial charge in [0.2, 0.25) is 0 Å². The van der Waals surface area contributed by atoms with E-state index in [1.54, 1.807) is 6.08 Å². The molecule has 35 heavy (non-hydrogen) atoms. The summed E-state index contributed by atoms with van der Waals surface area (Å²) in [5.74, 6) is -0.768. The molecule has 0 spiro atoms. The zero-order valence-electron chi connectivity index (χ0n) is 21.7. The number of hydrogen-bond acceptors (Lipinski definition) is 6. The number of allylic oxidation sites excluding steroid dienone is 4. The Labute approximate surface area is 209 Å². The monoisotopic (exact) mass is 486 g/mol. The lowest BCUT2D eigenvalue weighted by Gasteiger charge is -2.59. The number of ketones is 2. The normalized spacial score (nSPS) is 48.1. The fraction of sp³-hybridized carbons (Fsp3) is 0.793. The van der Waals surface area contributed by atoms with Gasteiger partial charge in [-0.25, -0.2) is 0 Å². The summed E-state index contributed by atoms with van der Waals surface area (Å²) in [4.78, 5) is 25.8. The van der Waals surface area contributed by atoms with Crippen LogP contribution >= 0.6 is 0 Å². The highest BCUT2D eigenvalue weighted by molar-refractivity contribution is 5.93. The number of carbonyl (C=O) groups excluding carboxylic acids is 2. The average Bonchev–Trinajstić information content (AvgIpc) is 3.26. The molecule has 3 unspecified atom stereocenters. The van der Waals surface area contributed by atoms with Crippen LogP contribution in [0.5, 0.6) is 0 Å². The van der Waals surface area contributed by atoms with Crippen molar-refractivity contribution < 1.29 is 29.3 Å². The SMILES string of the molecule is CCCCC1(CCC)O[C@@H]2CC3[C@@H]4CC=C5CC(=O)C=C[C@]5(C)C4[C@@H](O)C[C@]3(C)[C@]2(C(=O)CO)O1. The van der Waals surface area contributed by atoms with Crippen molar-refractivity contribution in [1.82, 2.24) is 0 Å². The third kappa shape index (κ3) is 3.36. The van der Waals surface area contributed by atoms with Crippen LogP contribution in [0.15, 0.2) is 23.8 Å². The Morgan fingerprint density at radius 1 is 1.20 bits per heavy atom. The molecule has 9 atom stereocenters. The maximum Gasteiger partial charge on any atom is 0.193 e. The van der Waals surface area contributed by atoms with Gasteiger partial charge in [-0.15, -0.1) is 0 Å². The Morgan fingerprint density at radius 2 is 1.97 bits per heavy atom. The van der Waals surface area contributed by atoms with Crippen LogP contribution < -0.4 is 0 Å². The molecule has 5 aliphatic rings. The lowest BCUT2D eigenvalue weighted by molar-refractivity contribution is -0.243. The first-order chi connectivity index (χ1) is 16.6. The molecule has 194 valence electrons. The molecule has 6 nitrogen and oxygen atoms in total. The summed E-state index contributed by atoms with van der Waals surface area (Å²) < 4.78 is 13.6. The minimum atomic E-state index is -1.25. The van der Waals surface area contributed by atoms with E-state index in [2.05, 4.69) is 33.8 Å². The van der Waals surface area contributed by atoms with Crippen LogP contribution in [0.4, 0.5) is 0 Å². The second-order valence-corrected chi connectivity index (χ2v) is 12.2. The maximum atomic E-state index is 13.6. The summed E-state index contributed by atoms with van der Waals surface area (Å²) in [6.45, 7) is 7.90. The van der Waals surface area contributed by atoms with E-state index in [1.165, 1.54) is 0 Å². The van der Waals surface area contributed by atoms with Crippen LogP contribution in [0.3, 0.4) is 0 Å². The molecule has 4 aliphatic carbocycles. The molecule has 1 heterocycles. The zero-order chi connectivity index (χ0) is 25.2. The second kappa shape index (κ2) is 8.61. The molecule has 6 heteroatoms. The molecule has 2 saturated carbocycles. The molecule has 0 aromatic carbocycles. The maximum absolute atomic E-state index is 13.6. The highest BCUT2D eigenvalue weighted by atomic mass is 16.8. The van der Waals surface area contributed by atoms with Crippen LogP contribution in [0, 0.1) is 28.6 Å². The fourth-order valence-electron chi connectivity index (χ4n) is 8.94. The van der Waals surface area contributed by atoms with Crippen LogP contribution in [-0.4, -0.2) is 52.0 Å². The lowest BCUT2D eigenvalue weighted by atomic mass is 9.47. The van der Waals surface area contributed by atoms with Crippen molar-refractivity contribution in [2.45, 2.75) is 109 Å². The molecule has 3 fully saturated rings. The Bertz CT molecular complexity index is 955. The molecular formula is C29H42O6. The number of aliphatic hydroxyl groups excluding tert-OH is 2. The molecule has 0 amide bonds. The minimum Gasteiger partial charge on any atom is -0.393 e. The Kier molecular flexibility index (Phi) is 6.23. The first-order valence-electron chi connectivity index (χ1n) is 13.7. The smallest absolute Gasteiger partial charge is 0.193 e. The van der Waals surface area contributed by atoms with Gasteiger partial charge < -0.3 is 19.7 Å². The number of Topliss-reactive ketones (excluding diaryl/α,β-unsaturated/α-hetero) is 1. The molecule has 0 bridgehead atoms. The van der Waals surface area contributed by atoms with Crippen LogP contribution in [-0.2, 0) is 19.1 Å². The predicted molar refractivity (Wildman–Crippen MR) is 131 cm³/mol. The fourth-order valence-corrected chi connectivity index (χ4v) is 8.94. The lowest BCUT2D eigenvalue weighted by Crippen LogP contribution is -2.63. The minimum absolute atomic E-state index is 0.0227.